The van der Waals surface area contributed by atoms with Crippen LogP contribution in [0, 0.1) is 0 Å². The molecule has 1 atom stereocenters. The highest BCUT2D eigenvalue weighted by atomic mass is 16.5. The van der Waals surface area contributed by atoms with Crippen molar-refractivity contribution in [3.8, 4) is 0 Å². The largest absolute Gasteiger partial charge is 0.481 e. The Kier molecular flexibility index (Phi) is 11.0. The highest BCUT2D eigenvalue weighted by Gasteiger charge is 2.23. The fourth-order valence-electron chi connectivity index (χ4n) is 2.09. The molecular weight excluding hydrogens is 294 g/mol. The molecule has 0 aromatic rings. The van der Waals surface area contributed by atoms with Gasteiger partial charge in [0.05, 0.1) is 27.6 Å². The van der Waals surface area contributed by atoms with Gasteiger partial charge in [0, 0.05) is 6.08 Å². The minimum Gasteiger partial charge on any atom is -0.481 e. The van der Waals surface area contributed by atoms with Crippen molar-refractivity contribution in [1.82, 2.24) is 0 Å². The van der Waals surface area contributed by atoms with Crippen LogP contribution in [0.3, 0.4) is 0 Å². The fraction of sp³-hybridized carbons (Fsp3) is 0.667. The van der Waals surface area contributed by atoms with Gasteiger partial charge in [-0.2, -0.15) is 0 Å². The number of nitrogens with zero attached hydrogens (tertiary/aromatic N) is 1. The third-order valence-electron chi connectivity index (χ3n) is 3.05. The SMILES string of the molecule is CCC/C=C/CCC/C=C/C(=O)OC(CC(=O)O)C[N+](C)(C)C. The molecule has 5 heteroatoms. The number of esters is 1. The zero-order chi connectivity index (χ0) is 17.7. The monoisotopic (exact) mass is 326 g/mol. The maximum atomic E-state index is 11.8. The van der Waals surface area contributed by atoms with E-state index in [9.17, 15) is 9.59 Å². The Bertz CT molecular complexity index is 408. The number of ether oxygens (including phenoxy) is 1. The van der Waals surface area contributed by atoms with E-state index in [0.29, 0.717) is 11.0 Å². The predicted octanol–water partition coefficient (Wildman–Crippen LogP) is 3.16. The highest BCUT2D eigenvalue weighted by Crippen LogP contribution is 2.06. The standard InChI is InChI=1S/C18H31NO4/c1-5-6-7-8-9-10-11-12-13-18(22)23-16(14-17(20)21)15-19(2,3)4/h7-8,12-13,16H,5-6,9-11,14-15H2,1-4H3/p+1/b8-7+,13-12+. The van der Waals surface area contributed by atoms with Crippen LogP contribution in [0.4, 0.5) is 0 Å². The summed E-state index contributed by atoms with van der Waals surface area (Å²) in [5.41, 5.74) is 0. The van der Waals surface area contributed by atoms with Crippen LogP contribution >= 0.6 is 0 Å². The van der Waals surface area contributed by atoms with Gasteiger partial charge in [0.1, 0.15) is 6.54 Å². The number of carboxylic acids is 1. The third kappa shape index (κ3) is 15.1. The molecule has 0 heterocycles. The van der Waals surface area contributed by atoms with Crippen molar-refractivity contribution >= 4 is 11.9 Å². The van der Waals surface area contributed by atoms with E-state index in [4.69, 9.17) is 9.84 Å². The Morgan fingerprint density at radius 1 is 1.09 bits per heavy atom. The molecule has 0 aliphatic heterocycles. The lowest BCUT2D eigenvalue weighted by Crippen LogP contribution is -2.43. The van der Waals surface area contributed by atoms with Crippen molar-refractivity contribution in [1.29, 1.82) is 0 Å². The highest BCUT2D eigenvalue weighted by molar-refractivity contribution is 5.82. The minimum atomic E-state index is -0.959. The van der Waals surface area contributed by atoms with Crippen LogP contribution in [0.25, 0.3) is 0 Å². The lowest BCUT2D eigenvalue weighted by atomic mass is 10.2. The summed E-state index contributed by atoms with van der Waals surface area (Å²) < 4.78 is 5.80. The van der Waals surface area contributed by atoms with Gasteiger partial charge in [0.15, 0.2) is 6.10 Å². The van der Waals surface area contributed by atoms with E-state index in [1.807, 2.05) is 21.1 Å². The van der Waals surface area contributed by atoms with Crippen LogP contribution in [0.15, 0.2) is 24.3 Å². The number of carbonyl (C=O) groups is 2. The minimum absolute atomic E-state index is 0.169. The van der Waals surface area contributed by atoms with E-state index in [1.54, 1.807) is 6.08 Å². The van der Waals surface area contributed by atoms with Crippen molar-refractivity contribution in [2.45, 2.75) is 51.6 Å². The third-order valence-corrected chi connectivity index (χ3v) is 3.05. The first-order valence-electron chi connectivity index (χ1n) is 8.29. The Morgan fingerprint density at radius 3 is 2.26 bits per heavy atom. The lowest BCUT2D eigenvalue weighted by Gasteiger charge is -2.28. The smallest absolute Gasteiger partial charge is 0.330 e. The van der Waals surface area contributed by atoms with Gasteiger partial charge in [-0.3, -0.25) is 4.79 Å². The van der Waals surface area contributed by atoms with Crippen molar-refractivity contribution in [3.05, 3.63) is 24.3 Å². The maximum absolute atomic E-state index is 11.8. The molecule has 0 spiro atoms. The molecule has 1 N–H and O–H groups in total. The molecule has 0 amide bonds. The second-order valence-electron chi connectivity index (χ2n) is 6.72. The molecule has 0 saturated heterocycles. The van der Waals surface area contributed by atoms with E-state index in [2.05, 4.69) is 19.1 Å². The van der Waals surface area contributed by atoms with E-state index in [0.717, 1.165) is 32.1 Å². The van der Waals surface area contributed by atoms with Gasteiger partial charge >= 0.3 is 11.9 Å². The van der Waals surface area contributed by atoms with Gasteiger partial charge in [-0.05, 0) is 25.7 Å². The first kappa shape index (κ1) is 21.4. The van der Waals surface area contributed by atoms with Crippen LogP contribution in [0.2, 0.25) is 0 Å². The maximum Gasteiger partial charge on any atom is 0.330 e. The molecule has 0 bridgehead atoms. The lowest BCUT2D eigenvalue weighted by molar-refractivity contribution is -0.873. The topological polar surface area (TPSA) is 63.6 Å². The second kappa shape index (κ2) is 11.9. The number of unbranched alkanes of at least 4 members (excludes halogenated alkanes) is 3. The van der Waals surface area contributed by atoms with Crippen LogP contribution in [0.5, 0.6) is 0 Å². The molecule has 0 radical (unpaired) electrons. The van der Waals surface area contributed by atoms with Crippen molar-refractivity contribution in [2.75, 3.05) is 27.7 Å². The van der Waals surface area contributed by atoms with Crippen LogP contribution in [-0.2, 0) is 14.3 Å². The van der Waals surface area contributed by atoms with Gasteiger partial charge in [-0.15, -0.1) is 0 Å². The van der Waals surface area contributed by atoms with E-state index in [-0.39, 0.29) is 6.42 Å². The second-order valence-corrected chi connectivity index (χ2v) is 6.72. The number of likely N-dealkylation sites (N-methyl/N-ethyl adjacent to an activating group) is 1. The molecule has 0 aromatic carbocycles. The summed E-state index contributed by atoms with van der Waals surface area (Å²) in [5, 5.41) is 8.91. The number of aliphatic carboxylic acids is 1. The zero-order valence-electron chi connectivity index (χ0n) is 15.0. The Labute approximate surface area is 140 Å². The number of allylic oxidation sites excluding steroid dienone is 3. The first-order chi connectivity index (χ1) is 10.7. The summed E-state index contributed by atoms with van der Waals surface area (Å²) in [7, 11) is 5.81. The molecule has 0 fully saturated rings. The molecule has 0 aliphatic rings. The number of quaternary nitrogens is 1. The normalized spacial score (nSPS) is 13.6. The molecule has 132 valence electrons. The number of carbonyl (C=O) groups excluding carboxylic acids is 1. The predicted molar refractivity (Wildman–Crippen MR) is 92.1 cm³/mol. The summed E-state index contributed by atoms with van der Waals surface area (Å²) in [4.78, 5) is 22.6. The zero-order valence-corrected chi connectivity index (χ0v) is 15.0. The van der Waals surface area contributed by atoms with Crippen molar-refractivity contribution < 1.29 is 23.9 Å². The van der Waals surface area contributed by atoms with Crippen LogP contribution in [-0.4, -0.2) is 55.3 Å². The average molecular weight is 326 g/mol. The molecular formula is C18H32NO4+. The van der Waals surface area contributed by atoms with Gasteiger partial charge < -0.3 is 14.3 Å². The summed E-state index contributed by atoms with van der Waals surface area (Å²) in [5.74, 6) is -1.43. The number of carboxylic acid groups (broad SMARTS) is 1. The molecule has 0 aliphatic carbocycles. The summed E-state index contributed by atoms with van der Waals surface area (Å²) in [6.45, 7) is 2.61. The number of hydrogen-bond donors (Lipinski definition) is 1. The summed E-state index contributed by atoms with van der Waals surface area (Å²) >= 11 is 0. The quantitative estimate of drug-likeness (QED) is 0.197. The number of hydrogen-bond acceptors (Lipinski definition) is 3. The first-order valence-corrected chi connectivity index (χ1v) is 8.29. The molecule has 0 saturated carbocycles. The van der Waals surface area contributed by atoms with E-state index in [1.165, 1.54) is 6.08 Å². The molecule has 23 heavy (non-hydrogen) atoms. The average Bonchev–Trinajstić information content (AvgIpc) is 2.39. The van der Waals surface area contributed by atoms with Gasteiger partial charge in [-0.25, -0.2) is 4.79 Å². The molecule has 0 aromatic heterocycles. The fourth-order valence-corrected chi connectivity index (χ4v) is 2.09. The summed E-state index contributed by atoms with van der Waals surface area (Å²) in [6.07, 6.45) is 11.8. The van der Waals surface area contributed by atoms with Crippen LogP contribution in [0.1, 0.15) is 45.4 Å². The molecule has 5 nitrogen and oxygen atoms in total. The molecule has 0 rings (SSSR count). The Hall–Kier alpha value is -1.62. The van der Waals surface area contributed by atoms with E-state index < -0.39 is 18.0 Å². The van der Waals surface area contributed by atoms with Crippen molar-refractivity contribution in [3.63, 3.8) is 0 Å². The summed E-state index contributed by atoms with van der Waals surface area (Å²) in [6, 6.07) is 0. The van der Waals surface area contributed by atoms with Gasteiger partial charge in [0.2, 0.25) is 0 Å². The van der Waals surface area contributed by atoms with Gasteiger partial charge in [0.25, 0.3) is 0 Å². The van der Waals surface area contributed by atoms with Crippen molar-refractivity contribution in [2.24, 2.45) is 0 Å². The van der Waals surface area contributed by atoms with Crippen LogP contribution < -0.4 is 0 Å². The van der Waals surface area contributed by atoms with E-state index >= 15 is 0 Å². The molecule has 1 unspecified atom stereocenters. The Morgan fingerprint density at radius 2 is 1.70 bits per heavy atom. The number of rotatable bonds is 12. The Balaban J connectivity index is 4.15. The van der Waals surface area contributed by atoms with Gasteiger partial charge in [-0.1, -0.05) is 31.6 Å².